The minimum atomic E-state index is -3.47. The summed E-state index contributed by atoms with van der Waals surface area (Å²) in [5, 5.41) is 25.1. The SMILES string of the molecule is CS(=O)(=O)NCCC(Sc1nnn[nH]1)C1=C(C(=O)O)N2C(=O)[C@@H](NC(=O)CC3=CC(=O)CC=N3)[C@@H]2SC1. The molecule has 1 aromatic heterocycles. The molecule has 3 aliphatic heterocycles. The van der Waals surface area contributed by atoms with Gasteiger partial charge in [-0.25, -0.2) is 23.0 Å². The summed E-state index contributed by atoms with van der Waals surface area (Å²) >= 11 is 2.40. The van der Waals surface area contributed by atoms with Gasteiger partial charge in [-0.1, -0.05) is 11.8 Å². The van der Waals surface area contributed by atoms with Crippen LogP contribution in [-0.2, 0) is 29.2 Å². The van der Waals surface area contributed by atoms with Crippen molar-refractivity contribution in [2.24, 2.45) is 4.99 Å². The van der Waals surface area contributed by atoms with E-state index in [9.17, 15) is 32.7 Å². The molecule has 1 aromatic rings. The highest BCUT2D eigenvalue weighted by Gasteiger charge is 2.54. The maximum absolute atomic E-state index is 13.0. The number of nitrogens with one attached hydrogen (secondary N) is 3. The van der Waals surface area contributed by atoms with Gasteiger partial charge < -0.3 is 10.4 Å². The lowest BCUT2D eigenvalue weighted by molar-refractivity contribution is -0.150. The van der Waals surface area contributed by atoms with Crippen molar-refractivity contribution in [3.63, 3.8) is 0 Å². The zero-order valence-corrected chi connectivity index (χ0v) is 21.7. The second-order valence-corrected chi connectivity index (χ2v) is 12.3. The number of carbonyl (C=O) groups excluding carboxylic acids is 3. The molecule has 1 saturated heterocycles. The molecule has 0 spiro atoms. The van der Waals surface area contributed by atoms with E-state index in [1.54, 1.807) is 0 Å². The summed E-state index contributed by atoms with van der Waals surface area (Å²) in [6, 6.07) is -0.936. The first kappa shape index (κ1) is 27.0. The third kappa shape index (κ3) is 6.43. The maximum atomic E-state index is 13.0. The van der Waals surface area contributed by atoms with E-state index in [0.717, 1.165) is 22.9 Å². The Morgan fingerprint density at radius 2 is 2.16 bits per heavy atom. The zero-order chi connectivity index (χ0) is 26.7. The van der Waals surface area contributed by atoms with Crippen LogP contribution in [0.15, 0.2) is 33.2 Å². The number of aliphatic carboxylic acids is 1. The Hall–Kier alpha value is -3.09. The molecular weight excluding hydrogens is 548 g/mol. The summed E-state index contributed by atoms with van der Waals surface area (Å²) in [7, 11) is -3.47. The van der Waals surface area contributed by atoms with Gasteiger partial charge in [0.2, 0.25) is 21.1 Å². The molecule has 4 heterocycles. The van der Waals surface area contributed by atoms with Gasteiger partial charge in [0.05, 0.1) is 18.4 Å². The fraction of sp³-hybridized carbons (Fsp3) is 0.474. The number of amides is 2. The molecule has 3 atom stereocenters. The Balaban J connectivity index is 1.51. The van der Waals surface area contributed by atoms with Crippen LogP contribution < -0.4 is 10.0 Å². The largest absolute Gasteiger partial charge is 0.477 e. The number of allylic oxidation sites excluding steroid dienone is 1. The molecule has 0 radical (unpaired) electrons. The second-order valence-electron chi connectivity index (χ2n) is 8.20. The molecule has 0 saturated carbocycles. The monoisotopic (exact) mass is 570 g/mol. The molecule has 18 heteroatoms. The van der Waals surface area contributed by atoms with E-state index in [0.29, 0.717) is 10.7 Å². The third-order valence-electron chi connectivity index (χ3n) is 5.47. The number of thioether (sulfide) groups is 2. The molecule has 2 amide bonds. The summed E-state index contributed by atoms with van der Waals surface area (Å²) in [4.78, 5) is 54.4. The number of rotatable bonds is 11. The quantitative estimate of drug-likeness (QED) is 0.179. The van der Waals surface area contributed by atoms with Crippen molar-refractivity contribution in [1.29, 1.82) is 0 Å². The molecule has 3 aliphatic rings. The van der Waals surface area contributed by atoms with Gasteiger partial charge in [-0.3, -0.25) is 24.3 Å². The number of carbonyl (C=O) groups is 4. The first-order valence-electron chi connectivity index (χ1n) is 10.8. The van der Waals surface area contributed by atoms with Crippen LogP contribution in [0.25, 0.3) is 0 Å². The predicted octanol–water partition coefficient (Wildman–Crippen LogP) is -1.34. The number of hydrogen-bond donors (Lipinski definition) is 4. The van der Waals surface area contributed by atoms with E-state index in [1.165, 1.54) is 24.1 Å². The van der Waals surface area contributed by atoms with E-state index >= 15 is 0 Å². The van der Waals surface area contributed by atoms with E-state index in [-0.39, 0.29) is 48.7 Å². The topological polar surface area (TPSA) is 217 Å². The van der Waals surface area contributed by atoms with Crippen LogP contribution in [0, 0.1) is 0 Å². The number of aliphatic imine (C=N–C) groups is 1. The number of fused-ring (bicyclic) bond motifs is 1. The Morgan fingerprint density at radius 3 is 2.81 bits per heavy atom. The predicted molar refractivity (Wildman–Crippen MR) is 132 cm³/mol. The molecule has 1 unspecified atom stereocenters. The number of aromatic amines is 1. The molecule has 0 aromatic carbocycles. The van der Waals surface area contributed by atoms with Gasteiger partial charge in [0.25, 0.3) is 5.91 Å². The first-order valence-corrected chi connectivity index (χ1v) is 14.7. The third-order valence-corrected chi connectivity index (χ3v) is 8.71. The Morgan fingerprint density at radius 1 is 1.38 bits per heavy atom. The molecule has 4 N–H and O–H groups in total. The van der Waals surface area contributed by atoms with Gasteiger partial charge in [-0.15, -0.1) is 16.9 Å². The number of nitrogens with zero attached hydrogens (tertiary/aromatic N) is 5. The highest BCUT2D eigenvalue weighted by molar-refractivity contribution is 8.01. The summed E-state index contributed by atoms with van der Waals surface area (Å²) < 4.78 is 25.4. The highest BCUT2D eigenvalue weighted by atomic mass is 32.2. The fourth-order valence-corrected chi connectivity index (χ4v) is 6.96. The van der Waals surface area contributed by atoms with Gasteiger partial charge >= 0.3 is 5.97 Å². The van der Waals surface area contributed by atoms with Crippen molar-refractivity contribution in [2.75, 3.05) is 18.6 Å². The summed E-state index contributed by atoms with van der Waals surface area (Å²) in [6.07, 6.45) is 3.89. The molecule has 198 valence electrons. The lowest BCUT2D eigenvalue weighted by Gasteiger charge is -2.50. The molecule has 0 aliphatic carbocycles. The number of H-pyrrole nitrogens is 1. The number of carboxylic acid groups (broad SMARTS) is 1. The van der Waals surface area contributed by atoms with Crippen LogP contribution in [0.5, 0.6) is 0 Å². The number of hydrogen-bond acceptors (Lipinski definition) is 12. The smallest absolute Gasteiger partial charge is 0.352 e. The molecule has 4 rings (SSSR count). The van der Waals surface area contributed by atoms with Crippen LogP contribution in [0.3, 0.4) is 0 Å². The van der Waals surface area contributed by atoms with Crippen molar-refractivity contribution in [2.45, 2.75) is 41.1 Å². The van der Waals surface area contributed by atoms with E-state index in [2.05, 4.69) is 35.7 Å². The van der Waals surface area contributed by atoms with E-state index in [4.69, 9.17) is 0 Å². The standard InChI is InChI=1S/C19H22N8O7S3/c1-37(33,34)21-5-3-12(36-19-23-25-26-24-19)11-8-35-17-14(16(30)27(17)15(11)18(31)32)22-13(29)7-9-6-10(28)2-4-20-9/h4,6,12,14,17,21H,2-3,5,7-8H2,1H3,(H,22,29)(H,31,32)(H,23,24,25,26)/t12?,14-,17+/m1/s1. The van der Waals surface area contributed by atoms with Gasteiger partial charge in [0.1, 0.15) is 17.1 Å². The first-order chi connectivity index (χ1) is 17.5. The van der Waals surface area contributed by atoms with Crippen LogP contribution in [0.1, 0.15) is 19.3 Å². The minimum Gasteiger partial charge on any atom is -0.477 e. The number of β-lactam (4-membered cyclic amide) rings is 1. The lowest BCUT2D eigenvalue weighted by Crippen LogP contribution is -2.70. The lowest BCUT2D eigenvalue weighted by atomic mass is 10.00. The summed E-state index contributed by atoms with van der Waals surface area (Å²) in [5.74, 6) is -2.38. The van der Waals surface area contributed by atoms with Crippen molar-refractivity contribution in [3.05, 3.63) is 23.0 Å². The Kier molecular flexibility index (Phi) is 8.10. The van der Waals surface area contributed by atoms with Gasteiger partial charge in [-0.05, 0) is 22.4 Å². The Labute approximate surface area is 219 Å². The van der Waals surface area contributed by atoms with Crippen molar-refractivity contribution < 1.29 is 32.7 Å². The molecule has 37 heavy (non-hydrogen) atoms. The van der Waals surface area contributed by atoms with Crippen LogP contribution >= 0.6 is 23.5 Å². The van der Waals surface area contributed by atoms with Crippen molar-refractivity contribution in [1.82, 2.24) is 35.6 Å². The van der Waals surface area contributed by atoms with Crippen molar-refractivity contribution >= 4 is 63.3 Å². The van der Waals surface area contributed by atoms with E-state index < -0.39 is 44.5 Å². The van der Waals surface area contributed by atoms with Crippen LogP contribution in [0.4, 0.5) is 0 Å². The fourth-order valence-electron chi connectivity index (χ4n) is 3.92. The second kappa shape index (κ2) is 11.1. The Bertz CT molecular complexity index is 1310. The van der Waals surface area contributed by atoms with Crippen LogP contribution in [-0.4, -0.2) is 104 Å². The number of aromatic nitrogens is 4. The van der Waals surface area contributed by atoms with Crippen LogP contribution in [0.2, 0.25) is 0 Å². The van der Waals surface area contributed by atoms with Gasteiger partial charge in [0.15, 0.2) is 5.78 Å². The zero-order valence-electron chi connectivity index (χ0n) is 19.3. The molecular formula is C19H22N8O7S3. The normalized spacial score (nSPS) is 22.3. The summed E-state index contributed by atoms with van der Waals surface area (Å²) in [6.45, 7) is 0.0238. The van der Waals surface area contributed by atoms with E-state index in [1.807, 2.05) is 0 Å². The number of tetrazole rings is 1. The number of carboxylic acids is 1. The van der Waals surface area contributed by atoms with Crippen molar-refractivity contribution in [3.8, 4) is 0 Å². The molecule has 1 fully saturated rings. The average molecular weight is 571 g/mol. The summed E-state index contributed by atoms with van der Waals surface area (Å²) in [5.41, 5.74) is 0.476. The average Bonchev–Trinajstić information content (AvgIpc) is 3.33. The number of sulfonamides is 1. The minimum absolute atomic E-state index is 0.0238. The number of ketones is 1. The highest BCUT2D eigenvalue weighted by Crippen LogP contribution is 2.44. The maximum Gasteiger partial charge on any atom is 0.352 e. The van der Waals surface area contributed by atoms with Gasteiger partial charge in [-0.2, -0.15) is 0 Å². The van der Waals surface area contributed by atoms with Gasteiger partial charge in [0, 0.05) is 36.3 Å². The molecule has 0 bridgehead atoms. The molecule has 15 nitrogen and oxygen atoms in total.